The van der Waals surface area contributed by atoms with Gasteiger partial charge in [-0.1, -0.05) is 43.0 Å². The maximum absolute atomic E-state index is 12.8. The number of hydrazone groups is 1. The molecule has 8 nitrogen and oxygen atoms in total. The number of rotatable bonds is 14. The van der Waals surface area contributed by atoms with Gasteiger partial charge in [0, 0.05) is 11.4 Å². The second-order valence-electron chi connectivity index (χ2n) is 8.54. The van der Waals surface area contributed by atoms with Crippen molar-refractivity contribution in [3.8, 4) is 29.6 Å². The zero-order chi connectivity index (χ0) is 28.1. The van der Waals surface area contributed by atoms with E-state index in [2.05, 4.69) is 37.7 Å². The Hall–Kier alpha value is -2.93. The number of hydrogen-bond donors (Lipinski definition) is 2. The van der Waals surface area contributed by atoms with Crippen molar-refractivity contribution in [2.45, 2.75) is 39.2 Å². The van der Waals surface area contributed by atoms with Gasteiger partial charge in [0.15, 0.2) is 11.5 Å². The summed E-state index contributed by atoms with van der Waals surface area (Å²) in [5.74, 6) is 3.29. The molecule has 0 aliphatic rings. The Kier molecular flexibility index (Phi) is 13.3. The van der Waals surface area contributed by atoms with E-state index in [-0.39, 0.29) is 31.5 Å². The molecular formula is C27H30BrCl2N3O5. The van der Waals surface area contributed by atoms with Crippen molar-refractivity contribution in [1.29, 1.82) is 0 Å². The summed E-state index contributed by atoms with van der Waals surface area (Å²) in [6, 6.07) is 7.63. The molecule has 0 radical (unpaired) electrons. The Morgan fingerprint density at radius 3 is 2.61 bits per heavy atom. The minimum Gasteiger partial charge on any atom is -0.493 e. The van der Waals surface area contributed by atoms with Crippen LogP contribution in [0.4, 0.5) is 0 Å². The van der Waals surface area contributed by atoms with Crippen molar-refractivity contribution < 1.29 is 23.8 Å². The molecule has 0 unspecified atom stereocenters. The number of ether oxygens (including phenoxy) is 3. The largest absolute Gasteiger partial charge is 0.493 e. The third-order valence-corrected chi connectivity index (χ3v) is 6.12. The summed E-state index contributed by atoms with van der Waals surface area (Å²) in [4.78, 5) is 25.3. The minimum absolute atomic E-state index is 0.0884. The van der Waals surface area contributed by atoms with Crippen molar-refractivity contribution in [3.05, 3.63) is 50.4 Å². The average Bonchev–Trinajstić information content (AvgIpc) is 2.86. The van der Waals surface area contributed by atoms with Crippen LogP contribution in [0.5, 0.6) is 17.2 Å². The van der Waals surface area contributed by atoms with Crippen LogP contribution in [0.2, 0.25) is 10.0 Å². The quantitative estimate of drug-likeness (QED) is 0.123. The van der Waals surface area contributed by atoms with Crippen LogP contribution >= 0.6 is 39.1 Å². The number of hydrogen-bond acceptors (Lipinski definition) is 6. The molecule has 2 amide bonds. The molecule has 0 saturated carbocycles. The normalized spacial score (nSPS) is 11.6. The van der Waals surface area contributed by atoms with E-state index < -0.39 is 11.9 Å². The maximum atomic E-state index is 12.8. The molecule has 0 aromatic heterocycles. The van der Waals surface area contributed by atoms with Gasteiger partial charge >= 0.3 is 0 Å². The first kappa shape index (κ1) is 31.3. The van der Waals surface area contributed by atoms with E-state index in [0.29, 0.717) is 50.2 Å². The van der Waals surface area contributed by atoms with Crippen LogP contribution in [-0.2, 0) is 9.59 Å². The van der Waals surface area contributed by atoms with Gasteiger partial charge in [-0.15, -0.1) is 6.42 Å². The first-order chi connectivity index (χ1) is 18.1. The smallest absolute Gasteiger partial charge is 0.262 e. The monoisotopic (exact) mass is 625 g/mol. The fourth-order valence-electron chi connectivity index (χ4n) is 3.29. The van der Waals surface area contributed by atoms with E-state index in [4.69, 9.17) is 43.8 Å². The summed E-state index contributed by atoms with van der Waals surface area (Å²) in [6.45, 7) is 4.30. The number of carbonyl (C=O) groups is 2. The summed E-state index contributed by atoms with van der Waals surface area (Å²) >= 11 is 15.4. The van der Waals surface area contributed by atoms with Gasteiger partial charge in [0.1, 0.15) is 18.4 Å². The number of terminal acetylenes is 1. The zero-order valence-electron chi connectivity index (χ0n) is 21.4. The first-order valence-corrected chi connectivity index (χ1v) is 13.3. The molecule has 0 saturated heterocycles. The number of carbonyl (C=O) groups excluding carboxylic acids is 2. The number of nitrogens with zero attached hydrogens (tertiary/aromatic N) is 1. The summed E-state index contributed by atoms with van der Waals surface area (Å²) in [5.41, 5.74) is 3.14. The van der Waals surface area contributed by atoms with Crippen molar-refractivity contribution in [2.75, 3.05) is 20.3 Å². The molecular weight excluding hydrogens is 597 g/mol. The molecule has 0 bridgehead atoms. The summed E-state index contributed by atoms with van der Waals surface area (Å²) in [6.07, 6.45) is 7.79. The molecule has 204 valence electrons. The lowest BCUT2D eigenvalue weighted by molar-refractivity contribution is -0.129. The molecule has 38 heavy (non-hydrogen) atoms. The highest BCUT2D eigenvalue weighted by Gasteiger charge is 2.21. The summed E-state index contributed by atoms with van der Waals surface area (Å²) < 4.78 is 17.1. The number of nitrogens with one attached hydrogen (secondary N) is 2. The predicted molar refractivity (Wildman–Crippen MR) is 153 cm³/mol. The van der Waals surface area contributed by atoms with Gasteiger partial charge in [0.05, 0.1) is 29.4 Å². The molecule has 2 aromatic rings. The SMILES string of the molecule is C#CCOc1c(Br)cc(/C=N\NC(=O)[C@H](CC(C)C)NC(=O)CCCOc2ccc(Cl)cc2Cl)cc1OC. The highest BCUT2D eigenvalue weighted by atomic mass is 79.9. The molecule has 0 spiro atoms. The second kappa shape index (κ2) is 16.1. The highest BCUT2D eigenvalue weighted by Crippen LogP contribution is 2.36. The highest BCUT2D eigenvalue weighted by molar-refractivity contribution is 9.10. The average molecular weight is 627 g/mol. The second-order valence-corrected chi connectivity index (χ2v) is 10.2. The number of methoxy groups -OCH3 is 1. The van der Waals surface area contributed by atoms with E-state index in [0.717, 1.165) is 0 Å². The van der Waals surface area contributed by atoms with Crippen molar-refractivity contribution in [1.82, 2.24) is 10.7 Å². The van der Waals surface area contributed by atoms with E-state index in [9.17, 15) is 9.59 Å². The number of benzene rings is 2. The van der Waals surface area contributed by atoms with Crippen LogP contribution in [0.15, 0.2) is 39.9 Å². The standard InChI is InChI=1S/C27H30BrCl2N3O5/c1-5-10-38-26-20(28)13-18(14-24(26)36-4)16-31-33-27(35)22(12-17(2)3)32-25(34)7-6-11-37-23-9-8-19(29)15-21(23)30/h1,8-9,13-17,22H,6-7,10-12H2,2-4H3,(H,32,34)(H,33,35)/b31-16-/t22-/m0/s1. The lowest BCUT2D eigenvalue weighted by Crippen LogP contribution is -2.46. The molecule has 1 atom stereocenters. The molecule has 11 heteroatoms. The molecule has 2 N–H and O–H groups in total. The Labute approximate surface area is 241 Å². The Bertz CT molecular complexity index is 1180. The number of halogens is 3. The summed E-state index contributed by atoms with van der Waals surface area (Å²) in [7, 11) is 1.51. The van der Waals surface area contributed by atoms with E-state index in [1.807, 2.05) is 13.8 Å². The molecule has 2 rings (SSSR count). The summed E-state index contributed by atoms with van der Waals surface area (Å²) in [5, 5.41) is 7.74. The Balaban J connectivity index is 1.92. The van der Waals surface area contributed by atoms with Crippen LogP contribution < -0.4 is 25.0 Å². The van der Waals surface area contributed by atoms with Crippen LogP contribution in [-0.4, -0.2) is 44.4 Å². The Morgan fingerprint density at radius 1 is 1.18 bits per heavy atom. The molecule has 0 heterocycles. The van der Waals surface area contributed by atoms with Crippen molar-refractivity contribution in [3.63, 3.8) is 0 Å². The molecule has 2 aromatic carbocycles. The van der Waals surface area contributed by atoms with Crippen LogP contribution in [0.3, 0.4) is 0 Å². The zero-order valence-corrected chi connectivity index (χ0v) is 24.5. The van der Waals surface area contributed by atoms with E-state index >= 15 is 0 Å². The fourth-order valence-corrected chi connectivity index (χ4v) is 4.33. The van der Waals surface area contributed by atoms with Gasteiger partial charge in [-0.3, -0.25) is 9.59 Å². The van der Waals surface area contributed by atoms with Gasteiger partial charge < -0.3 is 19.5 Å². The number of amides is 2. The predicted octanol–water partition coefficient (Wildman–Crippen LogP) is 5.62. The Morgan fingerprint density at radius 2 is 1.95 bits per heavy atom. The van der Waals surface area contributed by atoms with Gasteiger partial charge in [0.25, 0.3) is 5.91 Å². The fraction of sp³-hybridized carbons (Fsp3) is 0.370. The molecule has 0 fully saturated rings. The van der Waals surface area contributed by atoms with Gasteiger partial charge in [-0.2, -0.15) is 5.10 Å². The van der Waals surface area contributed by atoms with Gasteiger partial charge in [-0.05, 0) is 70.6 Å². The van der Waals surface area contributed by atoms with Crippen LogP contribution in [0.25, 0.3) is 0 Å². The topological polar surface area (TPSA) is 98.2 Å². The van der Waals surface area contributed by atoms with Crippen LogP contribution in [0, 0.1) is 18.3 Å². The van der Waals surface area contributed by atoms with Crippen molar-refractivity contribution in [2.24, 2.45) is 11.0 Å². The maximum Gasteiger partial charge on any atom is 0.262 e. The molecule has 0 aliphatic carbocycles. The van der Waals surface area contributed by atoms with Gasteiger partial charge in [-0.25, -0.2) is 5.43 Å². The third kappa shape index (κ3) is 10.4. The lowest BCUT2D eigenvalue weighted by Gasteiger charge is -2.19. The van der Waals surface area contributed by atoms with Crippen LogP contribution in [0.1, 0.15) is 38.7 Å². The van der Waals surface area contributed by atoms with E-state index in [1.54, 1.807) is 30.3 Å². The van der Waals surface area contributed by atoms with Crippen molar-refractivity contribution >= 4 is 57.2 Å². The lowest BCUT2D eigenvalue weighted by atomic mass is 10.0. The molecule has 0 aliphatic heterocycles. The van der Waals surface area contributed by atoms with Gasteiger partial charge in [0.2, 0.25) is 5.91 Å². The van der Waals surface area contributed by atoms with E-state index in [1.165, 1.54) is 13.3 Å². The first-order valence-electron chi connectivity index (χ1n) is 11.8. The third-order valence-electron chi connectivity index (χ3n) is 5.00. The minimum atomic E-state index is -0.743.